The van der Waals surface area contributed by atoms with E-state index in [4.69, 9.17) is 9.47 Å². The van der Waals surface area contributed by atoms with Crippen LogP contribution in [0, 0.1) is 11.8 Å². The first kappa shape index (κ1) is 21.9. The Morgan fingerprint density at radius 3 is 2.14 bits per heavy atom. The molecule has 154 valence electrons. The van der Waals surface area contributed by atoms with Gasteiger partial charge in [-0.3, -0.25) is 9.59 Å². The van der Waals surface area contributed by atoms with Gasteiger partial charge in [0.05, 0.1) is 13.0 Å². The number of amides is 1. The Morgan fingerprint density at radius 1 is 1.04 bits per heavy atom. The maximum absolute atomic E-state index is 12.8. The Labute approximate surface area is 167 Å². The second-order valence-electron chi connectivity index (χ2n) is 8.36. The average Bonchev–Trinajstić information content (AvgIpc) is 2.66. The molecule has 1 amide bonds. The third kappa shape index (κ3) is 6.66. The van der Waals surface area contributed by atoms with Gasteiger partial charge in [0.1, 0.15) is 11.6 Å². The van der Waals surface area contributed by atoms with E-state index in [0.717, 1.165) is 5.56 Å². The molecule has 0 aliphatic heterocycles. The number of hydrogen-bond donors (Lipinski definition) is 1. The van der Waals surface area contributed by atoms with Crippen molar-refractivity contribution >= 4 is 17.8 Å². The van der Waals surface area contributed by atoms with Gasteiger partial charge in [-0.15, -0.1) is 0 Å². The summed E-state index contributed by atoms with van der Waals surface area (Å²) in [6.07, 6.45) is 2.84. The molecule has 0 heterocycles. The van der Waals surface area contributed by atoms with Crippen LogP contribution in [-0.4, -0.2) is 36.6 Å². The molecule has 1 atom stereocenters. The minimum Gasteiger partial charge on any atom is -0.469 e. The normalized spacial score (nSPS) is 20.7. The molecule has 6 heteroatoms. The summed E-state index contributed by atoms with van der Waals surface area (Å²) < 4.78 is 10.3. The van der Waals surface area contributed by atoms with Gasteiger partial charge in [0.15, 0.2) is 0 Å². The topological polar surface area (TPSA) is 81.7 Å². The monoisotopic (exact) mass is 389 g/mol. The molecule has 0 radical (unpaired) electrons. The van der Waals surface area contributed by atoms with Crippen LogP contribution >= 0.6 is 0 Å². The molecule has 1 aliphatic rings. The van der Waals surface area contributed by atoms with E-state index in [1.165, 1.54) is 7.11 Å². The van der Waals surface area contributed by atoms with Gasteiger partial charge in [0.25, 0.3) is 0 Å². The third-order valence-corrected chi connectivity index (χ3v) is 4.92. The zero-order valence-corrected chi connectivity index (χ0v) is 17.2. The van der Waals surface area contributed by atoms with Crippen LogP contribution in [0.2, 0.25) is 0 Å². The Balaban J connectivity index is 2.01. The number of hydrogen-bond acceptors (Lipinski definition) is 5. The van der Waals surface area contributed by atoms with Crippen molar-refractivity contribution in [1.29, 1.82) is 0 Å². The molecule has 28 heavy (non-hydrogen) atoms. The first-order valence-electron chi connectivity index (χ1n) is 9.84. The number of nitrogens with one attached hydrogen (secondary N) is 1. The highest BCUT2D eigenvalue weighted by atomic mass is 16.6. The number of methoxy groups -OCH3 is 1. The molecule has 0 saturated heterocycles. The SMILES string of the molecule is COC(=O)C1CCC(C(=O)N[C@H](Cc2ccccc2)C(=O)OC(C)(C)C)CC1. The lowest BCUT2D eigenvalue weighted by molar-refractivity contribution is -0.159. The van der Waals surface area contributed by atoms with Crippen molar-refractivity contribution < 1.29 is 23.9 Å². The molecule has 1 saturated carbocycles. The van der Waals surface area contributed by atoms with E-state index < -0.39 is 17.6 Å². The van der Waals surface area contributed by atoms with E-state index in [-0.39, 0.29) is 23.7 Å². The van der Waals surface area contributed by atoms with Crippen LogP contribution in [0.1, 0.15) is 52.0 Å². The minimum absolute atomic E-state index is 0.139. The molecule has 2 rings (SSSR count). The maximum atomic E-state index is 12.8. The zero-order chi connectivity index (χ0) is 20.7. The number of ether oxygens (including phenoxy) is 2. The van der Waals surface area contributed by atoms with E-state index in [2.05, 4.69) is 5.32 Å². The fourth-order valence-corrected chi connectivity index (χ4v) is 3.46. The van der Waals surface area contributed by atoms with E-state index in [9.17, 15) is 14.4 Å². The van der Waals surface area contributed by atoms with Crippen molar-refractivity contribution in [2.45, 2.75) is 64.5 Å². The second-order valence-corrected chi connectivity index (χ2v) is 8.36. The Hall–Kier alpha value is -2.37. The smallest absolute Gasteiger partial charge is 0.329 e. The predicted molar refractivity (Wildman–Crippen MR) is 105 cm³/mol. The minimum atomic E-state index is -0.743. The van der Waals surface area contributed by atoms with Crippen molar-refractivity contribution in [3.05, 3.63) is 35.9 Å². The Morgan fingerprint density at radius 2 is 1.61 bits per heavy atom. The second kappa shape index (κ2) is 9.71. The van der Waals surface area contributed by atoms with Crippen LogP contribution in [0.4, 0.5) is 0 Å². The molecular weight excluding hydrogens is 358 g/mol. The molecule has 0 bridgehead atoms. The molecule has 1 aromatic carbocycles. The zero-order valence-electron chi connectivity index (χ0n) is 17.2. The van der Waals surface area contributed by atoms with Crippen LogP contribution < -0.4 is 5.32 Å². The van der Waals surface area contributed by atoms with Crippen LogP contribution in [0.25, 0.3) is 0 Å². The molecule has 1 fully saturated rings. The number of benzene rings is 1. The van der Waals surface area contributed by atoms with Crippen LogP contribution in [-0.2, 0) is 30.3 Å². The lowest BCUT2D eigenvalue weighted by atomic mass is 9.81. The summed E-state index contributed by atoms with van der Waals surface area (Å²) in [7, 11) is 1.39. The third-order valence-electron chi connectivity index (χ3n) is 4.92. The largest absolute Gasteiger partial charge is 0.469 e. The van der Waals surface area contributed by atoms with Crippen LogP contribution in [0.5, 0.6) is 0 Å². The van der Waals surface area contributed by atoms with Gasteiger partial charge in [-0.05, 0) is 52.0 Å². The molecular formula is C22H31NO5. The summed E-state index contributed by atoms with van der Waals surface area (Å²) in [6, 6.07) is 8.81. The predicted octanol–water partition coefficient (Wildman–Crippen LogP) is 3.04. The highest BCUT2D eigenvalue weighted by Gasteiger charge is 2.33. The summed E-state index contributed by atoms with van der Waals surface area (Å²) >= 11 is 0. The molecule has 0 spiro atoms. The average molecular weight is 389 g/mol. The summed E-state index contributed by atoms with van der Waals surface area (Å²) in [5.74, 6) is -1.15. The molecule has 6 nitrogen and oxygen atoms in total. The molecule has 1 aliphatic carbocycles. The quantitative estimate of drug-likeness (QED) is 0.757. The van der Waals surface area contributed by atoms with Crippen molar-refractivity contribution in [3.8, 4) is 0 Å². The Bertz CT molecular complexity index is 672. The van der Waals surface area contributed by atoms with Crippen molar-refractivity contribution in [3.63, 3.8) is 0 Å². The molecule has 1 aromatic rings. The van der Waals surface area contributed by atoms with Gasteiger partial charge in [0, 0.05) is 12.3 Å². The fraction of sp³-hybridized carbons (Fsp3) is 0.591. The van der Waals surface area contributed by atoms with E-state index in [0.29, 0.717) is 32.1 Å². The lowest BCUT2D eigenvalue weighted by Gasteiger charge is -2.29. The Kier molecular flexibility index (Phi) is 7.61. The van der Waals surface area contributed by atoms with Crippen molar-refractivity contribution in [1.82, 2.24) is 5.32 Å². The van der Waals surface area contributed by atoms with E-state index in [1.54, 1.807) is 20.8 Å². The summed E-state index contributed by atoms with van der Waals surface area (Å²) in [5, 5.41) is 2.89. The van der Waals surface area contributed by atoms with E-state index >= 15 is 0 Å². The number of rotatable bonds is 6. The van der Waals surface area contributed by atoms with Gasteiger partial charge in [0.2, 0.25) is 5.91 Å². The van der Waals surface area contributed by atoms with Gasteiger partial charge in [-0.2, -0.15) is 0 Å². The fourth-order valence-electron chi connectivity index (χ4n) is 3.46. The number of carbonyl (C=O) groups excluding carboxylic acids is 3. The van der Waals surface area contributed by atoms with Crippen molar-refractivity contribution in [2.75, 3.05) is 7.11 Å². The van der Waals surface area contributed by atoms with Crippen LogP contribution in [0.3, 0.4) is 0 Å². The number of esters is 2. The molecule has 0 aromatic heterocycles. The highest BCUT2D eigenvalue weighted by molar-refractivity contribution is 5.86. The first-order chi connectivity index (χ1) is 13.2. The molecule has 1 N–H and O–H groups in total. The van der Waals surface area contributed by atoms with Crippen LogP contribution in [0.15, 0.2) is 30.3 Å². The molecule has 0 unspecified atom stereocenters. The van der Waals surface area contributed by atoms with E-state index in [1.807, 2.05) is 30.3 Å². The first-order valence-corrected chi connectivity index (χ1v) is 9.84. The van der Waals surface area contributed by atoms with Gasteiger partial charge < -0.3 is 14.8 Å². The standard InChI is InChI=1S/C22H31NO5/c1-22(2,3)28-21(26)18(14-15-8-6-5-7-9-15)23-19(24)16-10-12-17(13-11-16)20(25)27-4/h5-9,16-18H,10-14H2,1-4H3,(H,23,24)/t16?,17?,18-/m1/s1. The highest BCUT2D eigenvalue weighted by Crippen LogP contribution is 2.30. The summed E-state index contributed by atoms with van der Waals surface area (Å²) in [6.45, 7) is 5.42. The maximum Gasteiger partial charge on any atom is 0.329 e. The van der Waals surface area contributed by atoms with Crippen molar-refractivity contribution in [2.24, 2.45) is 11.8 Å². The summed E-state index contributed by atoms with van der Waals surface area (Å²) in [4.78, 5) is 37.1. The summed E-state index contributed by atoms with van der Waals surface area (Å²) in [5.41, 5.74) is 0.322. The lowest BCUT2D eigenvalue weighted by Crippen LogP contribution is -2.48. The van der Waals surface area contributed by atoms with Gasteiger partial charge >= 0.3 is 11.9 Å². The van der Waals surface area contributed by atoms with Gasteiger partial charge in [-0.25, -0.2) is 4.79 Å². The van der Waals surface area contributed by atoms with Gasteiger partial charge in [-0.1, -0.05) is 30.3 Å². The number of carbonyl (C=O) groups is 3.